The Morgan fingerprint density at radius 1 is 1.29 bits per heavy atom. The summed E-state index contributed by atoms with van der Waals surface area (Å²) in [5, 5.41) is 0. The van der Waals surface area contributed by atoms with Crippen LogP contribution in [0.1, 0.15) is 37.8 Å². The molecule has 1 atom stereocenters. The molecule has 0 aromatic heterocycles. The summed E-state index contributed by atoms with van der Waals surface area (Å²) in [6.45, 7) is 5.10. The van der Waals surface area contributed by atoms with Crippen LogP contribution in [-0.4, -0.2) is 23.9 Å². The third-order valence-electron chi connectivity index (χ3n) is 4.14. The van der Waals surface area contributed by atoms with E-state index in [2.05, 4.69) is 6.92 Å². The first-order valence-electron chi connectivity index (χ1n) is 7.11. The number of alkyl halides is 3. The highest BCUT2D eigenvalue weighted by molar-refractivity contribution is 5.73. The molecule has 1 aliphatic rings. The van der Waals surface area contributed by atoms with Gasteiger partial charge in [0.1, 0.15) is 0 Å². The quantitative estimate of drug-likeness (QED) is 0.811. The van der Waals surface area contributed by atoms with Crippen molar-refractivity contribution < 1.29 is 18.0 Å². The standard InChI is InChI=1S/C16H20F3NO/c1-12(21)20-9-3-8-15(2,11-20)10-13-4-6-14(7-5-13)16(17,18)19/h4-7H,3,8-11H2,1-2H3. The van der Waals surface area contributed by atoms with Crippen LogP contribution in [0.2, 0.25) is 0 Å². The zero-order valence-corrected chi connectivity index (χ0v) is 12.3. The van der Waals surface area contributed by atoms with Gasteiger partial charge in [-0.15, -0.1) is 0 Å². The Morgan fingerprint density at radius 3 is 2.43 bits per heavy atom. The lowest BCUT2D eigenvalue weighted by Gasteiger charge is -2.40. The van der Waals surface area contributed by atoms with Crippen molar-refractivity contribution in [2.75, 3.05) is 13.1 Å². The lowest BCUT2D eigenvalue weighted by molar-refractivity contribution is -0.137. The number of carbonyl (C=O) groups is 1. The number of piperidine rings is 1. The summed E-state index contributed by atoms with van der Waals surface area (Å²) in [4.78, 5) is 13.3. The smallest absolute Gasteiger partial charge is 0.342 e. The summed E-state index contributed by atoms with van der Waals surface area (Å²) in [5.74, 6) is 0.0633. The van der Waals surface area contributed by atoms with Crippen LogP contribution in [0.5, 0.6) is 0 Å². The Morgan fingerprint density at radius 2 is 1.90 bits per heavy atom. The first-order valence-corrected chi connectivity index (χ1v) is 7.11. The maximum absolute atomic E-state index is 12.5. The van der Waals surface area contributed by atoms with Crippen molar-refractivity contribution in [1.82, 2.24) is 4.90 Å². The second-order valence-electron chi connectivity index (χ2n) is 6.23. The van der Waals surface area contributed by atoms with Crippen molar-refractivity contribution in [3.05, 3.63) is 35.4 Å². The molecule has 2 nitrogen and oxygen atoms in total. The predicted octanol–water partition coefficient (Wildman–Crippen LogP) is 3.90. The number of amides is 1. The molecule has 1 aromatic rings. The van der Waals surface area contributed by atoms with Crippen LogP contribution in [0.15, 0.2) is 24.3 Å². The van der Waals surface area contributed by atoms with Gasteiger partial charge in [0.2, 0.25) is 5.91 Å². The molecular formula is C16H20F3NO. The predicted molar refractivity (Wildman–Crippen MR) is 74.7 cm³/mol. The van der Waals surface area contributed by atoms with Gasteiger partial charge in [0.15, 0.2) is 0 Å². The number of benzene rings is 1. The number of likely N-dealkylation sites (tertiary alicyclic amines) is 1. The highest BCUT2D eigenvalue weighted by atomic mass is 19.4. The van der Waals surface area contributed by atoms with E-state index < -0.39 is 11.7 Å². The molecule has 2 rings (SSSR count). The molecule has 1 saturated heterocycles. The summed E-state index contributed by atoms with van der Waals surface area (Å²) >= 11 is 0. The van der Waals surface area contributed by atoms with E-state index in [1.807, 2.05) is 4.90 Å². The minimum absolute atomic E-state index is 0.0633. The van der Waals surface area contributed by atoms with Crippen LogP contribution < -0.4 is 0 Å². The molecule has 5 heteroatoms. The van der Waals surface area contributed by atoms with E-state index in [0.717, 1.165) is 37.1 Å². The molecule has 0 N–H and O–H groups in total. The number of rotatable bonds is 2. The van der Waals surface area contributed by atoms with Gasteiger partial charge in [-0.3, -0.25) is 4.79 Å². The fourth-order valence-electron chi connectivity index (χ4n) is 3.03. The van der Waals surface area contributed by atoms with E-state index in [9.17, 15) is 18.0 Å². The third kappa shape index (κ3) is 3.99. The second kappa shape index (κ2) is 5.70. The van der Waals surface area contributed by atoms with E-state index in [1.165, 1.54) is 0 Å². The summed E-state index contributed by atoms with van der Waals surface area (Å²) in [6.07, 6.45) is -1.68. The molecule has 0 radical (unpaired) electrons. The van der Waals surface area contributed by atoms with Gasteiger partial charge in [-0.25, -0.2) is 0 Å². The monoisotopic (exact) mass is 299 g/mol. The Hall–Kier alpha value is -1.52. The summed E-state index contributed by atoms with van der Waals surface area (Å²) < 4.78 is 37.6. The van der Waals surface area contributed by atoms with Gasteiger partial charge in [-0.2, -0.15) is 13.2 Å². The van der Waals surface area contributed by atoms with Crippen LogP contribution in [0.25, 0.3) is 0 Å². The van der Waals surface area contributed by atoms with Gasteiger partial charge in [0.05, 0.1) is 5.56 Å². The number of halogens is 3. The Balaban J connectivity index is 2.08. The first-order chi connectivity index (χ1) is 9.70. The molecule has 1 heterocycles. The van der Waals surface area contributed by atoms with E-state index in [-0.39, 0.29) is 11.3 Å². The van der Waals surface area contributed by atoms with E-state index >= 15 is 0 Å². The van der Waals surface area contributed by atoms with E-state index in [1.54, 1.807) is 19.1 Å². The summed E-state index contributed by atoms with van der Waals surface area (Å²) in [6, 6.07) is 5.34. The van der Waals surface area contributed by atoms with E-state index in [0.29, 0.717) is 13.0 Å². The summed E-state index contributed by atoms with van der Waals surface area (Å²) in [5.41, 5.74) is 0.199. The van der Waals surface area contributed by atoms with Gasteiger partial charge in [-0.05, 0) is 42.4 Å². The molecule has 1 aliphatic heterocycles. The molecule has 1 unspecified atom stereocenters. The highest BCUT2D eigenvalue weighted by Crippen LogP contribution is 2.34. The Labute approximate surface area is 122 Å². The minimum atomic E-state index is -4.29. The lowest BCUT2D eigenvalue weighted by Crippen LogP contribution is -2.44. The third-order valence-corrected chi connectivity index (χ3v) is 4.14. The molecule has 1 aromatic carbocycles. The zero-order valence-electron chi connectivity index (χ0n) is 12.3. The molecule has 0 saturated carbocycles. The van der Waals surface area contributed by atoms with Crippen molar-refractivity contribution in [2.45, 2.75) is 39.3 Å². The van der Waals surface area contributed by atoms with Crippen LogP contribution >= 0.6 is 0 Å². The van der Waals surface area contributed by atoms with Gasteiger partial charge in [0.25, 0.3) is 0 Å². The normalized spacial score (nSPS) is 23.2. The number of hydrogen-bond acceptors (Lipinski definition) is 1. The van der Waals surface area contributed by atoms with Gasteiger partial charge >= 0.3 is 6.18 Å². The van der Waals surface area contributed by atoms with Crippen LogP contribution in [-0.2, 0) is 17.4 Å². The average Bonchev–Trinajstić information content (AvgIpc) is 2.37. The van der Waals surface area contributed by atoms with Gasteiger partial charge < -0.3 is 4.90 Å². The van der Waals surface area contributed by atoms with Gasteiger partial charge in [-0.1, -0.05) is 19.1 Å². The lowest BCUT2D eigenvalue weighted by atomic mass is 9.77. The first kappa shape index (κ1) is 15.9. The largest absolute Gasteiger partial charge is 0.416 e. The molecule has 0 bridgehead atoms. The minimum Gasteiger partial charge on any atom is -0.342 e. The Kier molecular flexibility index (Phi) is 4.30. The van der Waals surface area contributed by atoms with Crippen molar-refractivity contribution in [1.29, 1.82) is 0 Å². The number of hydrogen-bond donors (Lipinski definition) is 0. The molecule has 0 spiro atoms. The Bertz CT molecular complexity index is 509. The molecule has 1 fully saturated rings. The topological polar surface area (TPSA) is 20.3 Å². The van der Waals surface area contributed by atoms with Crippen LogP contribution in [0, 0.1) is 5.41 Å². The fourth-order valence-corrected chi connectivity index (χ4v) is 3.03. The van der Waals surface area contributed by atoms with Crippen molar-refractivity contribution in [2.24, 2.45) is 5.41 Å². The molecule has 116 valence electrons. The molecule has 0 aliphatic carbocycles. The van der Waals surface area contributed by atoms with Crippen LogP contribution in [0.4, 0.5) is 13.2 Å². The van der Waals surface area contributed by atoms with Crippen molar-refractivity contribution >= 4 is 5.91 Å². The van der Waals surface area contributed by atoms with Crippen LogP contribution in [0.3, 0.4) is 0 Å². The number of nitrogens with zero attached hydrogens (tertiary/aromatic N) is 1. The summed E-state index contributed by atoms with van der Waals surface area (Å²) in [7, 11) is 0. The maximum Gasteiger partial charge on any atom is 0.416 e. The van der Waals surface area contributed by atoms with Crippen molar-refractivity contribution in [3.63, 3.8) is 0 Å². The number of carbonyl (C=O) groups excluding carboxylic acids is 1. The van der Waals surface area contributed by atoms with E-state index in [4.69, 9.17) is 0 Å². The zero-order chi connectivity index (χ0) is 15.7. The highest BCUT2D eigenvalue weighted by Gasteiger charge is 2.33. The van der Waals surface area contributed by atoms with Crippen molar-refractivity contribution in [3.8, 4) is 0 Å². The average molecular weight is 299 g/mol. The molecule has 1 amide bonds. The second-order valence-corrected chi connectivity index (χ2v) is 6.23. The molecular weight excluding hydrogens is 279 g/mol. The SMILES string of the molecule is CC(=O)N1CCCC(C)(Cc2ccc(C(F)(F)F)cc2)C1. The van der Waals surface area contributed by atoms with Gasteiger partial charge in [0, 0.05) is 20.0 Å². The maximum atomic E-state index is 12.5. The molecule has 21 heavy (non-hydrogen) atoms. The fraction of sp³-hybridized carbons (Fsp3) is 0.562.